The van der Waals surface area contributed by atoms with E-state index in [-0.39, 0.29) is 0 Å². The molecule has 1 saturated heterocycles. The minimum atomic E-state index is 0.720. The predicted octanol–water partition coefficient (Wildman–Crippen LogP) is 1.41. The van der Waals surface area contributed by atoms with Gasteiger partial charge in [0.2, 0.25) is 0 Å². The van der Waals surface area contributed by atoms with E-state index in [9.17, 15) is 0 Å². The zero-order valence-corrected chi connectivity index (χ0v) is 9.94. The summed E-state index contributed by atoms with van der Waals surface area (Å²) < 4.78 is 0. The SMILES string of the molecule is Cc1nc(N2CCCCC2)sc1CNN. The van der Waals surface area contributed by atoms with Crippen molar-refractivity contribution in [2.45, 2.75) is 32.7 Å². The number of rotatable bonds is 3. The molecule has 0 unspecified atom stereocenters. The molecule has 2 heterocycles. The van der Waals surface area contributed by atoms with Crippen molar-refractivity contribution in [2.75, 3.05) is 18.0 Å². The van der Waals surface area contributed by atoms with Crippen molar-refractivity contribution in [3.63, 3.8) is 0 Å². The van der Waals surface area contributed by atoms with Gasteiger partial charge in [0, 0.05) is 24.5 Å². The largest absolute Gasteiger partial charge is 0.348 e. The first-order valence-electron chi connectivity index (χ1n) is 5.46. The molecule has 1 aliphatic rings. The van der Waals surface area contributed by atoms with Crippen LogP contribution < -0.4 is 16.2 Å². The third kappa shape index (κ3) is 2.48. The quantitative estimate of drug-likeness (QED) is 0.604. The smallest absolute Gasteiger partial charge is 0.185 e. The van der Waals surface area contributed by atoms with Crippen LogP contribution in [0.4, 0.5) is 5.13 Å². The second kappa shape index (κ2) is 4.92. The maximum absolute atomic E-state index is 5.33. The van der Waals surface area contributed by atoms with Crippen molar-refractivity contribution < 1.29 is 0 Å². The number of nitrogens with two attached hydrogens (primary N) is 1. The molecule has 1 aromatic heterocycles. The molecule has 1 aliphatic heterocycles. The molecule has 2 rings (SSSR count). The summed E-state index contributed by atoms with van der Waals surface area (Å²) in [5.41, 5.74) is 3.80. The summed E-state index contributed by atoms with van der Waals surface area (Å²) in [7, 11) is 0. The number of anilines is 1. The van der Waals surface area contributed by atoms with E-state index in [0.29, 0.717) is 0 Å². The highest BCUT2D eigenvalue weighted by Crippen LogP contribution is 2.27. The van der Waals surface area contributed by atoms with Crippen LogP contribution in [0.3, 0.4) is 0 Å². The Morgan fingerprint density at radius 1 is 1.40 bits per heavy atom. The third-order valence-corrected chi connectivity index (χ3v) is 3.99. The van der Waals surface area contributed by atoms with Gasteiger partial charge in [0.15, 0.2) is 5.13 Å². The first-order chi connectivity index (χ1) is 7.31. The Hall–Kier alpha value is -0.650. The van der Waals surface area contributed by atoms with Gasteiger partial charge in [-0.3, -0.25) is 11.3 Å². The molecule has 3 N–H and O–H groups in total. The van der Waals surface area contributed by atoms with Gasteiger partial charge >= 0.3 is 0 Å². The van der Waals surface area contributed by atoms with Crippen molar-refractivity contribution in [1.29, 1.82) is 0 Å². The average molecular weight is 226 g/mol. The average Bonchev–Trinajstić information content (AvgIpc) is 2.63. The second-order valence-corrected chi connectivity index (χ2v) is 5.00. The number of thiazole rings is 1. The number of hydrogen-bond donors (Lipinski definition) is 2. The Morgan fingerprint density at radius 2 is 2.13 bits per heavy atom. The van der Waals surface area contributed by atoms with Gasteiger partial charge in [-0.05, 0) is 26.2 Å². The number of nitrogens with zero attached hydrogens (tertiary/aromatic N) is 2. The molecule has 0 atom stereocenters. The molecule has 15 heavy (non-hydrogen) atoms. The lowest BCUT2D eigenvalue weighted by Gasteiger charge is -2.25. The van der Waals surface area contributed by atoms with Gasteiger partial charge in [0.05, 0.1) is 5.69 Å². The summed E-state index contributed by atoms with van der Waals surface area (Å²) in [5.74, 6) is 5.33. The van der Waals surface area contributed by atoms with Gasteiger partial charge < -0.3 is 4.90 Å². The van der Waals surface area contributed by atoms with Crippen LogP contribution in [0, 0.1) is 6.92 Å². The fourth-order valence-electron chi connectivity index (χ4n) is 1.89. The number of hydrazine groups is 1. The number of aryl methyl sites for hydroxylation is 1. The highest BCUT2D eigenvalue weighted by Gasteiger charge is 2.15. The molecule has 1 fully saturated rings. The molecule has 0 aromatic carbocycles. The first kappa shape index (κ1) is 10.9. The fraction of sp³-hybridized carbons (Fsp3) is 0.700. The van der Waals surface area contributed by atoms with Crippen LogP contribution in [-0.2, 0) is 6.54 Å². The van der Waals surface area contributed by atoms with Gasteiger partial charge in [-0.25, -0.2) is 4.98 Å². The van der Waals surface area contributed by atoms with E-state index in [1.54, 1.807) is 11.3 Å². The van der Waals surface area contributed by atoms with Crippen LogP contribution in [0.5, 0.6) is 0 Å². The number of hydrogen-bond acceptors (Lipinski definition) is 5. The van der Waals surface area contributed by atoms with E-state index in [1.807, 2.05) is 0 Å². The number of nitrogens with one attached hydrogen (secondary N) is 1. The normalized spacial score (nSPS) is 17.1. The Balaban J connectivity index is 2.10. The minimum absolute atomic E-state index is 0.720. The summed E-state index contributed by atoms with van der Waals surface area (Å²) >= 11 is 1.76. The summed E-state index contributed by atoms with van der Waals surface area (Å²) in [4.78, 5) is 8.24. The minimum Gasteiger partial charge on any atom is -0.348 e. The van der Waals surface area contributed by atoms with Gasteiger partial charge in [-0.2, -0.15) is 0 Å². The fourth-order valence-corrected chi connectivity index (χ4v) is 2.95. The van der Waals surface area contributed by atoms with E-state index >= 15 is 0 Å². The van der Waals surface area contributed by atoms with E-state index in [0.717, 1.165) is 30.5 Å². The van der Waals surface area contributed by atoms with E-state index in [2.05, 4.69) is 22.2 Å². The molecule has 4 nitrogen and oxygen atoms in total. The highest BCUT2D eigenvalue weighted by molar-refractivity contribution is 7.15. The Morgan fingerprint density at radius 3 is 2.80 bits per heavy atom. The molecule has 0 amide bonds. The zero-order chi connectivity index (χ0) is 10.7. The molecule has 1 aromatic rings. The van der Waals surface area contributed by atoms with Crippen LogP contribution >= 0.6 is 11.3 Å². The van der Waals surface area contributed by atoms with E-state index in [1.165, 1.54) is 24.1 Å². The van der Waals surface area contributed by atoms with Crippen molar-refractivity contribution in [1.82, 2.24) is 10.4 Å². The predicted molar refractivity (Wildman–Crippen MR) is 63.9 cm³/mol. The lowest BCUT2D eigenvalue weighted by atomic mass is 10.1. The van der Waals surface area contributed by atoms with Gasteiger partial charge in [-0.15, -0.1) is 11.3 Å². The molecule has 0 bridgehead atoms. The topological polar surface area (TPSA) is 54.2 Å². The molecule has 0 radical (unpaired) electrons. The molecular formula is C10H18N4S. The van der Waals surface area contributed by atoms with Crippen molar-refractivity contribution in [2.24, 2.45) is 5.84 Å². The van der Waals surface area contributed by atoms with Crippen molar-refractivity contribution in [3.8, 4) is 0 Å². The van der Waals surface area contributed by atoms with Crippen LogP contribution in [0.25, 0.3) is 0 Å². The van der Waals surface area contributed by atoms with E-state index < -0.39 is 0 Å². The number of aromatic nitrogens is 1. The van der Waals surface area contributed by atoms with Crippen LogP contribution in [0.2, 0.25) is 0 Å². The maximum atomic E-state index is 5.33. The summed E-state index contributed by atoms with van der Waals surface area (Å²) in [5, 5.41) is 1.16. The highest BCUT2D eigenvalue weighted by atomic mass is 32.1. The molecule has 0 saturated carbocycles. The third-order valence-electron chi connectivity index (χ3n) is 2.77. The zero-order valence-electron chi connectivity index (χ0n) is 9.12. The second-order valence-electron chi connectivity index (χ2n) is 3.93. The van der Waals surface area contributed by atoms with Crippen LogP contribution in [0.15, 0.2) is 0 Å². The molecule has 0 aliphatic carbocycles. The van der Waals surface area contributed by atoms with Crippen LogP contribution in [-0.4, -0.2) is 18.1 Å². The van der Waals surface area contributed by atoms with E-state index in [4.69, 9.17) is 5.84 Å². The lowest BCUT2D eigenvalue weighted by Crippen LogP contribution is -2.29. The lowest BCUT2D eigenvalue weighted by molar-refractivity contribution is 0.576. The molecular weight excluding hydrogens is 208 g/mol. The molecule has 84 valence electrons. The molecule has 0 spiro atoms. The Kier molecular flexibility index (Phi) is 3.56. The Labute approximate surface area is 94.5 Å². The number of piperidine rings is 1. The summed E-state index contributed by atoms with van der Waals surface area (Å²) in [6.07, 6.45) is 3.95. The molecule has 5 heteroatoms. The van der Waals surface area contributed by atoms with Crippen molar-refractivity contribution >= 4 is 16.5 Å². The standard InChI is InChI=1S/C10H18N4S/c1-8-9(7-12-11)15-10(13-8)14-5-3-2-4-6-14/h12H,2-7,11H2,1H3. The Bertz CT molecular complexity index is 317. The van der Waals surface area contributed by atoms with Crippen LogP contribution in [0.1, 0.15) is 29.8 Å². The maximum Gasteiger partial charge on any atom is 0.185 e. The summed E-state index contributed by atoms with van der Waals surface area (Å²) in [6, 6.07) is 0. The van der Waals surface area contributed by atoms with Gasteiger partial charge in [-0.1, -0.05) is 0 Å². The van der Waals surface area contributed by atoms with Gasteiger partial charge in [0.1, 0.15) is 0 Å². The first-order valence-corrected chi connectivity index (χ1v) is 6.27. The van der Waals surface area contributed by atoms with Crippen molar-refractivity contribution in [3.05, 3.63) is 10.6 Å². The van der Waals surface area contributed by atoms with Gasteiger partial charge in [0.25, 0.3) is 0 Å². The summed E-state index contributed by atoms with van der Waals surface area (Å²) in [6.45, 7) is 5.08. The monoisotopic (exact) mass is 226 g/mol.